The number of hydrogen-bond acceptors (Lipinski definition) is 3. The summed E-state index contributed by atoms with van der Waals surface area (Å²) in [5.41, 5.74) is 4.87. The van der Waals surface area contributed by atoms with E-state index in [1.807, 2.05) is 0 Å². The number of anilines is 1. The number of ether oxygens (including phenoxy) is 2. The summed E-state index contributed by atoms with van der Waals surface area (Å²) in [5, 5.41) is 0. The molecule has 0 fully saturated rings. The van der Waals surface area contributed by atoms with Gasteiger partial charge < -0.3 is 15.2 Å². The molecule has 96 valence electrons. The van der Waals surface area contributed by atoms with Crippen molar-refractivity contribution >= 4 is 21.6 Å². The van der Waals surface area contributed by atoms with Crippen molar-refractivity contribution in [3.63, 3.8) is 0 Å². The average molecular weight is 322 g/mol. The van der Waals surface area contributed by atoms with Crippen LogP contribution in [0.15, 0.2) is 16.6 Å². The second-order valence-corrected chi connectivity index (χ2v) is 3.60. The van der Waals surface area contributed by atoms with Crippen LogP contribution in [-0.2, 0) is 0 Å². The van der Waals surface area contributed by atoms with Crippen molar-refractivity contribution in [2.75, 3.05) is 5.73 Å². The largest absolute Gasteiger partial charge is 0.573 e. The molecule has 0 atom stereocenters. The van der Waals surface area contributed by atoms with Crippen molar-refractivity contribution in [1.29, 1.82) is 0 Å². The van der Waals surface area contributed by atoms with E-state index in [-0.39, 0.29) is 10.2 Å². The molecule has 0 unspecified atom stereocenters. The third kappa shape index (κ3) is 4.25. The SMILES string of the molecule is Nc1cc(Br)c(OC(F)F)cc1OC(F)(F)F. The first kappa shape index (κ1) is 13.8. The van der Waals surface area contributed by atoms with Gasteiger partial charge in [-0.15, -0.1) is 13.2 Å². The van der Waals surface area contributed by atoms with Gasteiger partial charge in [-0.25, -0.2) is 0 Å². The number of nitrogens with two attached hydrogens (primary N) is 1. The Hall–Kier alpha value is -1.25. The predicted octanol–water partition coefficient (Wildman–Crippen LogP) is 3.53. The molecular formula is C8H5BrF5NO2. The molecule has 3 nitrogen and oxygen atoms in total. The number of nitrogen functional groups attached to an aromatic ring is 1. The Labute approximate surface area is 100 Å². The summed E-state index contributed by atoms with van der Waals surface area (Å²) >= 11 is 2.81. The van der Waals surface area contributed by atoms with E-state index in [2.05, 4.69) is 25.4 Å². The van der Waals surface area contributed by atoms with Crippen LogP contribution in [0.4, 0.5) is 27.6 Å². The summed E-state index contributed by atoms with van der Waals surface area (Å²) in [7, 11) is 0. The molecule has 1 aromatic rings. The standard InChI is InChI=1S/C8H5BrF5NO2/c9-3-1-4(15)6(17-8(12,13)14)2-5(3)16-7(10)11/h1-2,7H,15H2. The Kier molecular flexibility index (Phi) is 4.02. The molecule has 0 aliphatic heterocycles. The van der Waals surface area contributed by atoms with Gasteiger partial charge in [0.2, 0.25) is 0 Å². The summed E-state index contributed by atoms with van der Waals surface area (Å²) < 4.78 is 67.2. The Morgan fingerprint density at radius 1 is 1.18 bits per heavy atom. The van der Waals surface area contributed by atoms with Crippen LogP contribution in [0.25, 0.3) is 0 Å². The van der Waals surface area contributed by atoms with E-state index in [1.165, 1.54) is 0 Å². The zero-order valence-corrected chi connectivity index (χ0v) is 9.48. The smallest absolute Gasteiger partial charge is 0.433 e. The van der Waals surface area contributed by atoms with Gasteiger partial charge in [-0.2, -0.15) is 8.78 Å². The van der Waals surface area contributed by atoms with Crippen molar-refractivity contribution in [1.82, 2.24) is 0 Å². The predicted molar refractivity (Wildman–Crippen MR) is 51.9 cm³/mol. The van der Waals surface area contributed by atoms with Crippen molar-refractivity contribution in [2.45, 2.75) is 13.0 Å². The molecule has 0 spiro atoms. The van der Waals surface area contributed by atoms with E-state index < -0.39 is 24.5 Å². The molecule has 0 aromatic heterocycles. The van der Waals surface area contributed by atoms with Crippen molar-refractivity contribution in [2.24, 2.45) is 0 Å². The molecule has 17 heavy (non-hydrogen) atoms. The van der Waals surface area contributed by atoms with Gasteiger partial charge in [0.25, 0.3) is 0 Å². The molecule has 9 heteroatoms. The molecule has 0 aliphatic carbocycles. The maximum Gasteiger partial charge on any atom is 0.573 e. The quantitative estimate of drug-likeness (QED) is 0.684. The zero-order valence-electron chi connectivity index (χ0n) is 7.89. The van der Waals surface area contributed by atoms with E-state index in [9.17, 15) is 22.0 Å². The molecule has 0 saturated heterocycles. The van der Waals surface area contributed by atoms with Crippen molar-refractivity contribution < 1.29 is 31.4 Å². The molecular weight excluding hydrogens is 317 g/mol. The van der Waals surface area contributed by atoms with E-state index in [4.69, 9.17) is 5.73 Å². The Balaban J connectivity index is 3.06. The van der Waals surface area contributed by atoms with Crippen LogP contribution in [0.1, 0.15) is 0 Å². The highest BCUT2D eigenvalue weighted by Gasteiger charge is 2.32. The second kappa shape index (κ2) is 4.94. The second-order valence-electron chi connectivity index (χ2n) is 2.75. The topological polar surface area (TPSA) is 44.5 Å². The fraction of sp³-hybridized carbons (Fsp3) is 0.250. The lowest BCUT2D eigenvalue weighted by Crippen LogP contribution is -2.18. The fourth-order valence-electron chi connectivity index (χ4n) is 0.949. The molecule has 0 aliphatic rings. The Morgan fingerprint density at radius 3 is 2.24 bits per heavy atom. The highest BCUT2D eigenvalue weighted by atomic mass is 79.9. The van der Waals surface area contributed by atoms with E-state index in [1.54, 1.807) is 0 Å². The minimum Gasteiger partial charge on any atom is -0.433 e. The minimum absolute atomic E-state index is 0.00942. The molecule has 0 heterocycles. The number of rotatable bonds is 3. The minimum atomic E-state index is -4.97. The summed E-state index contributed by atoms with van der Waals surface area (Å²) in [5.74, 6) is -1.32. The third-order valence-corrected chi connectivity index (χ3v) is 2.13. The van der Waals surface area contributed by atoms with E-state index in [0.29, 0.717) is 6.07 Å². The first-order chi connectivity index (χ1) is 7.69. The van der Waals surface area contributed by atoms with Crippen LogP contribution in [0, 0.1) is 0 Å². The van der Waals surface area contributed by atoms with Crippen LogP contribution in [0.3, 0.4) is 0 Å². The lowest BCUT2D eigenvalue weighted by atomic mass is 10.3. The van der Waals surface area contributed by atoms with Gasteiger partial charge in [-0.1, -0.05) is 0 Å². The summed E-state index contributed by atoms with van der Waals surface area (Å²) in [6, 6.07) is 1.60. The zero-order chi connectivity index (χ0) is 13.2. The number of halogens is 6. The molecule has 0 radical (unpaired) electrons. The maximum atomic E-state index is 11.9. The highest BCUT2D eigenvalue weighted by molar-refractivity contribution is 9.10. The molecule has 0 bridgehead atoms. The van der Waals surface area contributed by atoms with Crippen molar-refractivity contribution in [3.05, 3.63) is 16.6 Å². The first-order valence-corrected chi connectivity index (χ1v) is 4.78. The van der Waals surface area contributed by atoms with E-state index >= 15 is 0 Å². The molecule has 1 rings (SSSR count). The maximum absolute atomic E-state index is 11.9. The summed E-state index contributed by atoms with van der Waals surface area (Å²) in [4.78, 5) is 0. The normalized spacial score (nSPS) is 11.7. The number of alkyl halides is 5. The monoisotopic (exact) mass is 321 g/mol. The molecule has 2 N–H and O–H groups in total. The van der Waals surface area contributed by atoms with Crippen LogP contribution in [-0.4, -0.2) is 13.0 Å². The lowest BCUT2D eigenvalue weighted by Gasteiger charge is -2.14. The Bertz CT molecular complexity index is 410. The summed E-state index contributed by atoms with van der Waals surface area (Å²) in [6.07, 6.45) is -4.97. The number of hydrogen-bond donors (Lipinski definition) is 1. The van der Waals surface area contributed by atoms with Gasteiger partial charge in [0.1, 0.15) is 5.75 Å². The molecule has 0 amide bonds. The Morgan fingerprint density at radius 2 is 1.76 bits per heavy atom. The molecule has 0 saturated carbocycles. The van der Waals surface area contributed by atoms with Crippen molar-refractivity contribution in [3.8, 4) is 11.5 Å². The van der Waals surface area contributed by atoms with E-state index in [0.717, 1.165) is 6.07 Å². The van der Waals surface area contributed by atoms with Gasteiger partial charge in [0, 0.05) is 6.07 Å². The van der Waals surface area contributed by atoms with Crippen LogP contribution < -0.4 is 15.2 Å². The lowest BCUT2D eigenvalue weighted by molar-refractivity contribution is -0.274. The number of benzene rings is 1. The summed E-state index contributed by atoms with van der Waals surface area (Å²) in [6.45, 7) is -3.17. The van der Waals surface area contributed by atoms with Crippen LogP contribution >= 0.6 is 15.9 Å². The van der Waals surface area contributed by atoms with Crippen LogP contribution in [0.2, 0.25) is 0 Å². The third-order valence-electron chi connectivity index (χ3n) is 1.51. The average Bonchev–Trinajstić information content (AvgIpc) is 2.10. The van der Waals surface area contributed by atoms with Gasteiger partial charge in [-0.05, 0) is 22.0 Å². The van der Waals surface area contributed by atoms with Gasteiger partial charge in [0.15, 0.2) is 5.75 Å². The fourth-order valence-corrected chi connectivity index (χ4v) is 1.40. The highest BCUT2D eigenvalue weighted by Crippen LogP contribution is 2.37. The van der Waals surface area contributed by atoms with Crippen LogP contribution in [0.5, 0.6) is 11.5 Å². The molecule has 1 aromatic carbocycles. The van der Waals surface area contributed by atoms with Gasteiger partial charge in [-0.3, -0.25) is 0 Å². The van der Waals surface area contributed by atoms with Gasteiger partial charge in [0.05, 0.1) is 10.2 Å². The van der Waals surface area contributed by atoms with Gasteiger partial charge >= 0.3 is 13.0 Å². The first-order valence-electron chi connectivity index (χ1n) is 3.98.